The lowest BCUT2D eigenvalue weighted by molar-refractivity contribution is -0.137. The number of halogens is 3. The second kappa shape index (κ2) is 8.93. The van der Waals surface area contributed by atoms with Crippen molar-refractivity contribution < 1.29 is 17.9 Å². The monoisotopic (exact) mass is 431 g/mol. The minimum atomic E-state index is -4.34. The summed E-state index contributed by atoms with van der Waals surface area (Å²) in [5.74, 6) is 0. The average molecular weight is 432 g/mol. The predicted octanol–water partition coefficient (Wildman–Crippen LogP) is 7.18. The molecule has 5 heteroatoms. The van der Waals surface area contributed by atoms with Crippen LogP contribution in [-0.2, 0) is 22.7 Å². The summed E-state index contributed by atoms with van der Waals surface area (Å²) in [5.41, 5.74) is 2.81. The molecule has 0 bridgehead atoms. The van der Waals surface area contributed by atoms with Crippen molar-refractivity contribution in [1.82, 2.24) is 4.98 Å². The predicted molar refractivity (Wildman–Crippen MR) is 116 cm³/mol. The Morgan fingerprint density at radius 1 is 1.03 bits per heavy atom. The van der Waals surface area contributed by atoms with Crippen molar-refractivity contribution in [3.05, 3.63) is 65.0 Å². The van der Waals surface area contributed by atoms with Crippen LogP contribution in [0.3, 0.4) is 0 Å². The van der Waals surface area contributed by atoms with Crippen molar-refractivity contribution in [2.45, 2.75) is 88.3 Å². The van der Waals surface area contributed by atoms with Crippen molar-refractivity contribution in [1.29, 1.82) is 0 Å². The van der Waals surface area contributed by atoms with E-state index in [4.69, 9.17) is 4.74 Å². The van der Waals surface area contributed by atoms with Gasteiger partial charge in [-0.2, -0.15) is 13.2 Å². The molecular weight excluding hydrogens is 399 g/mol. The summed E-state index contributed by atoms with van der Waals surface area (Å²) in [6.07, 6.45) is 8.52. The molecule has 2 aliphatic rings. The maximum Gasteiger partial charge on any atom is 0.417 e. The third kappa shape index (κ3) is 5.14. The molecule has 2 fully saturated rings. The van der Waals surface area contributed by atoms with E-state index in [1.54, 1.807) is 6.20 Å². The molecule has 1 saturated heterocycles. The number of hydrogen-bond donors (Lipinski definition) is 0. The van der Waals surface area contributed by atoms with E-state index >= 15 is 0 Å². The number of unbranched alkanes of at least 4 members (excludes halogenated alkanes) is 1. The zero-order valence-electron chi connectivity index (χ0n) is 18.3. The van der Waals surface area contributed by atoms with Crippen LogP contribution in [0, 0.1) is 6.92 Å². The van der Waals surface area contributed by atoms with Gasteiger partial charge in [-0.3, -0.25) is 4.98 Å². The summed E-state index contributed by atoms with van der Waals surface area (Å²) < 4.78 is 45.2. The van der Waals surface area contributed by atoms with Gasteiger partial charge in [0, 0.05) is 24.4 Å². The van der Waals surface area contributed by atoms with Gasteiger partial charge < -0.3 is 4.74 Å². The highest BCUT2D eigenvalue weighted by atomic mass is 19.4. The smallest absolute Gasteiger partial charge is 0.375 e. The normalized spacial score (nSPS) is 23.4. The van der Waals surface area contributed by atoms with Crippen LogP contribution in [0.1, 0.15) is 80.0 Å². The number of hydrogen-bond acceptors (Lipinski definition) is 2. The fourth-order valence-electron chi connectivity index (χ4n) is 5.71. The molecule has 0 unspecified atom stereocenters. The molecule has 168 valence electrons. The van der Waals surface area contributed by atoms with Crippen LogP contribution in [-0.4, -0.2) is 17.2 Å². The lowest BCUT2D eigenvalue weighted by Gasteiger charge is -2.47. The Morgan fingerprint density at radius 3 is 2.58 bits per heavy atom. The van der Waals surface area contributed by atoms with Crippen LogP contribution in [0.2, 0.25) is 0 Å². The van der Waals surface area contributed by atoms with Gasteiger partial charge in [0.15, 0.2) is 0 Å². The van der Waals surface area contributed by atoms with E-state index in [0.717, 1.165) is 57.7 Å². The number of pyridine rings is 1. The van der Waals surface area contributed by atoms with Crippen LogP contribution in [0.15, 0.2) is 42.7 Å². The van der Waals surface area contributed by atoms with Gasteiger partial charge in [-0.15, -0.1) is 0 Å². The highest BCUT2D eigenvalue weighted by Crippen LogP contribution is 2.50. The molecule has 0 radical (unpaired) electrons. The second-order valence-electron chi connectivity index (χ2n) is 9.60. The van der Waals surface area contributed by atoms with E-state index in [0.29, 0.717) is 12.0 Å². The molecule has 1 spiro atoms. The molecule has 0 amide bonds. The molecule has 2 nitrogen and oxygen atoms in total. The fraction of sp³-hybridized carbons (Fsp3) is 0.577. The number of aromatic nitrogens is 1. The van der Waals surface area contributed by atoms with Gasteiger partial charge in [0.05, 0.1) is 11.2 Å². The third-order valence-electron chi connectivity index (χ3n) is 7.29. The van der Waals surface area contributed by atoms with E-state index < -0.39 is 11.7 Å². The van der Waals surface area contributed by atoms with Crippen molar-refractivity contribution in [2.75, 3.05) is 6.61 Å². The van der Waals surface area contributed by atoms with Crippen LogP contribution >= 0.6 is 0 Å². The zero-order chi connectivity index (χ0) is 22.0. The lowest BCUT2D eigenvalue weighted by atomic mass is 9.65. The van der Waals surface area contributed by atoms with Gasteiger partial charge in [0.2, 0.25) is 0 Å². The first kappa shape index (κ1) is 22.3. The van der Waals surface area contributed by atoms with Gasteiger partial charge in [0.1, 0.15) is 0 Å². The van der Waals surface area contributed by atoms with Crippen molar-refractivity contribution in [3.8, 4) is 0 Å². The van der Waals surface area contributed by atoms with E-state index in [-0.39, 0.29) is 11.0 Å². The van der Waals surface area contributed by atoms with E-state index in [1.165, 1.54) is 30.0 Å². The van der Waals surface area contributed by atoms with Crippen LogP contribution in [0.4, 0.5) is 13.2 Å². The van der Waals surface area contributed by atoms with Crippen LogP contribution < -0.4 is 0 Å². The fourth-order valence-corrected chi connectivity index (χ4v) is 5.71. The zero-order valence-corrected chi connectivity index (χ0v) is 18.3. The van der Waals surface area contributed by atoms with E-state index in [1.807, 2.05) is 0 Å². The van der Waals surface area contributed by atoms with Gasteiger partial charge in [0.25, 0.3) is 0 Å². The number of benzene rings is 1. The quantitative estimate of drug-likeness (QED) is 0.452. The number of aryl methyl sites for hydroxylation is 2. The molecule has 0 N–H and O–H groups in total. The lowest BCUT2D eigenvalue weighted by Crippen LogP contribution is -2.46. The molecule has 4 rings (SSSR count). The maximum absolute atomic E-state index is 13.0. The molecule has 1 aliphatic heterocycles. The SMILES string of the molecule is Cc1cccc([C@]2(CCCCc3cncc(C(F)(F)F)c3)CCOC3(CCCC3)C2)c1. The molecule has 1 aliphatic carbocycles. The summed E-state index contributed by atoms with van der Waals surface area (Å²) in [5, 5.41) is 0. The molecule has 2 aromatic rings. The van der Waals surface area contributed by atoms with E-state index in [9.17, 15) is 13.2 Å². The topological polar surface area (TPSA) is 22.1 Å². The Kier molecular flexibility index (Phi) is 6.43. The van der Waals surface area contributed by atoms with Crippen molar-refractivity contribution in [2.24, 2.45) is 0 Å². The maximum atomic E-state index is 13.0. The van der Waals surface area contributed by atoms with Gasteiger partial charge in [-0.25, -0.2) is 0 Å². The highest BCUT2D eigenvalue weighted by molar-refractivity contribution is 5.31. The van der Waals surface area contributed by atoms with Crippen molar-refractivity contribution >= 4 is 0 Å². The average Bonchev–Trinajstić information content (AvgIpc) is 3.18. The molecule has 2 heterocycles. The number of rotatable bonds is 6. The number of alkyl halides is 3. The first-order valence-corrected chi connectivity index (χ1v) is 11.5. The number of nitrogens with zero attached hydrogens (tertiary/aromatic N) is 1. The standard InChI is InChI=1S/C26H32F3NO/c1-20-7-6-9-22(15-20)24(13-14-31-25(19-24)11-4-5-12-25)10-3-2-8-21-16-23(18-30-17-21)26(27,28)29/h6-7,9,15-18H,2-5,8,10-14,19H2,1H3/t24-/m1/s1. The highest BCUT2D eigenvalue weighted by Gasteiger charge is 2.47. The first-order valence-electron chi connectivity index (χ1n) is 11.5. The first-order chi connectivity index (χ1) is 14.8. The Labute approximate surface area is 183 Å². The molecule has 1 saturated carbocycles. The Morgan fingerprint density at radius 2 is 1.84 bits per heavy atom. The molecule has 1 aromatic carbocycles. The number of ether oxygens (including phenoxy) is 1. The van der Waals surface area contributed by atoms with Crippen molar-refractivity contribution in [3.63, 3.8) is 0 Å². The molecule has 31 heavy (non-hydrogen) atoms. The van der Waals surface area contributed by atoms with Gasteiger partial charge in [-0.1, -0.05) is 49.1 Å². The van der Waals surface area contributed by atoms with Gasteiger partial charge >= 0.3 is 6.18 Å². The summed E-state index contributed by atoms with van der Waals surface area (Å²) in [7, 11) is 0. The Balaban J connectivity index is 1.46. The largest absolute Gasteiger partial charge is 0.417 e. The molecule has 1 atom stereocenters. The second-order valence-corrected chi connectivity index (χ2v) is 9.60. The van der Waals surface area contributed by atoms with Crippen LogP contribution in [0.25, 0.3) is 0 Å². The molecule has 1 aromatic heterocycles. The molecular formula is C26H32F3NO. The van der Waals surface area contributed by atoms with Gasteiger partial charge in [-0.05, 0) is 69.1 Å². The minimum Gasteiger partial charge on any atom is -0.375 e. The van der Waals surface area contributed by atoms with Crippen LogP contribution in [0.5, 0.6) is 0 Å². The Bertz CT molecular complexity index is 888. The summed E-state index contributed by atoms with van der Waals surface area (Å²) in [6.45, 7) is 2.94. The minimum absolute atomic E-state index is 0.0208. The summed E-state index contributed by atoms with van der Waals surface area (Å²) >= 11 is 0. The summed E-state index contributed by atoms with van der Waals surface area (Å²) in [6, 6.07) is 10.1. The summed E-state index contributed by atoms with van der Waals surface area (Å²) in [4.78, 5) is 3.80. The Hall–Kier alpha value is -1.88. The third-order valence-corrected chi connectivity index (χ3v) is 7.29. The van der Waals surface area contributed by atoms with E-state index in [2.05, 4.69) is 36.2 Å².